The van der Waals surface area contributed by atoms with Crippen molar-refractivity contribution in [1.29, 1.82) is 0 Å². The number of hydrogen-bond donors (Lipinski definition) is 2. The Balaban J connectivity index is 1.57. The summed E-state index contributed by atoms with van der Waals surface area (Å²) in [6.07, 6.45) is 7.40. The highest BCUT2D eigenvalue weighted by Crippen LogP contribution is 2.19. The average Bonchev–Trinajstić information content (AvgIpc) is 3.16. The first-order valence-corrected chi connectivity index (χ1v) is 8.02. The highest BCUT2D eigenvalue weighted by molar-refractivity contribution is 5.80. The van der Waals surface area contributed by atoms with Crippen molar-refractivity contribution < 1.29 is 4.42 Å². The summed E-state index contributed by atoms with van der Waals surface area (Å²) >= 11 is 0. The summed E-state index contributed by atoms with van der Waals surface area (Å²) in [7, 11) is 0. The lowest BCUT2D eigenvalue weighted by Gasteiger charge is -2.16. The molecule has 2 N–H and O–H groups in total. The van der Waals surface area contributed by atoms with E-state index >= 15 is 0 Å². The second-order valence-corrected chi connectivity index (χ2v) is 5.55. The number of para-hydroxylation sites is 1. The van der Waals surface area contributed by atoms with E-state index in [-0.39, 0.29) is 0 Å². The smallest absolute Gasteiger partial charge is 0.191 e. The minimum Gasteiger partial charge on any atom is -0.461 e. The van der Waals surface area contributed by atoms with Gasteiger partial charge in [0.1, 0.15) is 11.3 Å². The molecular weight excluding hydrogens is 274 g/mol. The summed E-state index contributed by atoms with van der Waals surface area (Å²) < 4.78 is 5.82. The number of hydrogen-bond acceptors (Lipinski definition) is 2. The number of furan rings is 1. The van der Waals surface area contributed by atoms with Gasteiger partial charge in [0.15, 0.2) is 5.96 Å². The standard InChI is InChI=1S/C18H23N3O/c1-2-19-18(21-15-8-4-5-9-15)20-12-11-16-13-14-7-3-6-10-17(14)22-16/h3-7,10,13,15H,2,8-9,11-12H2,1H3,(H2,19,20,21). The second-order valence-electron chi connectivity index (χ2n) is 5.55. The Kier molecular flexibility index (Phi) is 4.78. The number of fused-ring (bicyclic) bond motifs is 1. The summed E-state index contributed by atoms with van der Waals surface area (Å²) in [6, 6.07) is 10.7. The summed E-state index contributed by atoms with van der Waals surface area (Å²) in [5, 5.41) is 7.93. The molecule has 3 rings (SSSR count). The Labute approximate surface area is 131 Å². The fourth-order valence-corrected chi connectivity index (χ4v) is 2.69. The van der Waals surface area contributed by atoms with E-state index in [4.69, 9.17) is 4.42 Å². The van der Waals surface area contributed by atoms with Gasteiger partial charge in [-0.05, 0) is 31.9 Å². The minimum absolute atomic E-state index is 0.476. The number of aliphatic imine (C=N–C) groups is 1. The van der Waals surface area contributed by atoms with Gasteiger partial charge in [0.2, 0.25) is 0 Å². The summed E-state index contributed by atoms with van der Waals surface area (Å²) in [6.45, 7) is 3.68. The second kappa shape index (κ2) is 7.16. The predicted octanol–water partition coefficient (Wildman–Crippen LogP) is 3.25. The predicted molar refractivity (Wildman–Crippen MR) is 91.2 cm³/mol. The summed E-state index contributed by atoms with van der Waals surface area (Å²) in [5.74, 6) is 1.88. The van der Waals surface area contributed by atoms with Crippen LogP contribution in [0.1, 0.15) is 25.5 Å². The van der Waals surface area contributed by atoms with E-state index in [1.807, 2.05) is 18.2 Å². The van der Waals surface area contributed by atoms with Gasteiger partial charge < -0.3 is 15.1 Å². The largest absolute Gasteiger partial charge is 0.461 e. The fraction of sp³-hybridized carbons (Fsp3) is 0.389. The Morgan fingerprint density at radius 2 is 2.09 bits per heavy atom. The lowest BCUT2D eigenvalue weighted by Crippen LogP contribution is -2.42. The molecule has 4 heteroatoms. The first-order chi connectivity index (χ1) is 10.8. The zero-order valence-corrected chi connectivity index (χ0v) is 13.0. The SMILES string of the molecule is CCNC(=NCCc1cc2ccccc2o1)NC1CC=CC1. The molecule has 0 aliphatic heterocycles. The molecule has 4 nitrogen and oxygen atoms in total. The normalized spacial score (nSPS) is 15.6. The van der Waals surface area contributed by atoms with Crippen molar-refractivity contribution >= 4 is 16.9 Å². The first kappa shape index (κ1) is 14.7. The molecule has 0 amide bonds. The van der Waals surface area contributed by atoms with Crippen LogP contribution in [0.3, 0.4) is 0 Å². The summed E-state index contributed by atoms with van der Waals surface area (Å²) in [5.41, 5.74) is 0.948. The van der Waals surface area contributed by atoms with Crippen LogP contribution in [0.25, 0.3) is 11.0 Å². The molecular formula is C18H23N3O. The Morgan fingerprint density at radius 3 is 2.86 bits per heavy atom. The van der Waals surface area contributed by atoms with Gasteiger partial charge >= 0.3 is 0 Å². The molecule has 0 atom stereocenters. The molecule has 1 aromatic carbocycles. The Hall–Kier alpha value is -2.23. The first-order valence-electron chi connectivity index (χ1n) is 8.02. The minimum atomic E-state index is 0.476. The number of guanidine groups is 1. The lowest BCUT2D eigenvalue weighted by atomic mass is 10.2. The van der Waals surface area contributed by atoms with Crippen LogP contribution in [0.5, 0.6) is 0 Å². The zero-order chi connectivity index (χ0) is 15.2. The maximum atomic E-state index is 5.82. The van der Waals surface area contributed by atoms with Crippen LogP contribution in [-0.4, -0.2) is 25.1 Å². The van der Waals surface area contributed by atoms with Crippen LogP contribution >= 0.6 is 0 Å². The molecule has 0 unspecified atom stereocenters. The van der Waals surface area contributed by atoms with Gasteiger partial charge in [0.05, 0.1) is 0 Å². The fourth-order valence-electron chi connectivity index (χ4n) is 2.69. The van der Waals surface area contributed by atoms with Gasteiger partial charge in [-0.15, -0.1) is 0 Å². The van der Waals surface area contributed by atoms with Gasteiger partial charge in [-0.3, -0.25) is 4.99 Å². The monoisotopic (exact) mass is 297 g/mol. The van der Waals surface area contributed by atoms with Crippen LogP contribution in [-0.2, 0) is 6.42 Å². The van der Waals surface area contributed by atoms with Crippen molar-refractivity contribution in [2.75, 3.05) is 13.1 Å². The van der Waals surface area contributed by atoms with E-state index in [1.54, 1.807) is 0 Å². The van der Waals surface area contributed by atoms with Gasteiger partial charge in [0, 0.05) is 30.9 Å². The zero-order valence-electron chi connectivity index (χ0n) is 13.0. The Bertz CT molecular complexity index is 631. The Morgan fingerprint density at radius 1 is 1.27 bits per heavy atom. The van der Waals surface area contributed by atoms with Crippen molar-refractivity contribution in [3.63, 3.8) is 0 Å². The maximum Gasteiger partial charge on any atom is 0.191 e. The van der Waals surface area contributed by atoms with E-state index in [0.717, 1.165) is 55.0 Å². The molecule has 0 saturated carbocycles. The molecule has 116 valence electrons. The molecule has 1 aliphatic carbocycles. The van der Waals surface area contributed by atoms with Crippen LogP contribution in [0.2, 0.25) is 0 Å². The molecule has 1 aliphatic rings. The van der Waals surface area contributed by atoms with Gasteiger partial charge in [-0.2, -0.15) is 0 Å². The third kappa shape index (κ3) is 3.70. The van der Waals surface area contributed by atoms with Crippen LogP contribution < -0.4 is 10.6 Å². The molecule has 0 saturated heterocycles. The van der Waals surface area contributed by atoms with E-state index in [1.165, 1.54) is 0 Å². The molecule has 0 bridgehead atoms. The number of benzene rings is 1. The molecule has 22 heavy (non-hydrogen) atoms. The molecule has 0 spiro atoms. The quantitative estimate of drug-likeness (QED) is 0.506. The van der Waals surface area contributed by atoms with E-state index in [0.29, 0.717) is 6.04 Å². The van der Waals surface area contributed by atoms with E-state index in [9.17, 15) is 0 Å². The van der Waals surface area contributed by atoms with Crippen molar-refractivity contribution in [2.24, 2.45) is 4.99 Å². The number of nitrogens with zero attached hydrogens (tertiary/aromatic N) is 1. The van der Waals surface area contributed by atoms with Crippen molar-refractivity contribution in [2.45, 2.75) is 32.2 Å². The van der Waals surface area contributed by atoms with Gasteiger partial charge in [0.25, 0.3) is 0 Å². The molecule has 1 aromatic heterocycles. The number of rotatable bonds is 5. The van der Waals surface area contributed by atoms with Crippen molar-refractivity contribution in [1.82, 2.24) is 10.6 Å². The average molecular weight is 297 g/mol. The van der Waals surface area contributed by atoms with Crippen LogP contribution in [0.15, 0.2) is 51.9 Å². The van der Waals surface area contributed by atoms with E-state index < -0.39 is 0 Å². The molecule has 2 aromatic rings. The lowest BCUT2D eigenvalue weighted by molar-refractivity contribution is 0.549. The number of nitrogens with one attached hydrogen (secondary N) is 2. The highest BCUT2D eigenvalue weighted by Gasteiger charge is 2.11. The van der Waals surface area contributed by atoms with E-state index in [2.05, 4.69) is 46.8 Å². The third-order valence-corrected chi connectivity index (χ3v) is 3.80. The van der Waals surface area contributed by atoms with Gasteiger partial charge in [-0.1, -0.05) is 30.4 Å². The van der Waals surface area contributed by atoms with Crippen molar-refractivity contribution in [3.8, 4) is 0 Å². The van der Waals surface area contributed by atoms with Crippen LogP contribution in [0, 0.1) is 0 Å². The molecule has 0 radical (unpaired) electrons. The highest BCUT2D eigenvalue weighted by atomic mass is 16.3. The maximum absolute atomic E-state index is 5.82. The van der Waals surface area contributed by atoms with Gasteiger partial charge in [-0.25, -0.2) is 0 Å². The third-order valence-electron chi connectivity index (χ3n) is 3.80. The van der Waals surface area contributed by atoms with Crippen LogP contribution in [0.4, 0.5) is 0 Å². The van der Waals surface area contributed by atoms with Crippen molar-refractivity contribution in [3.05, 3.63) is 48.2 Å². The summed E-state index contributed by atoms with van der Waals surface area (Å²) in [4.78, 5) is 4.65. The molecule has 0 fully saturated rings. The molecule has 1 heterocycles. The topological polar surface area (TPSA) is 49.6 Å².